The third kappa shape index (κ3) is 3.22. The Labute approximate surface area is 128 Å². The van der Waals surface area contributed by atoms with Gasteiger partial charge in [-0.15, -0.1) is 0 Å². The molecule has 0 radical (unpaired) electrons. The number of hydrogen-bond acceptors (Lipinski definition) is 6. The van der Waals surface area contributed by atoms with Crippen LogP contribution < -0.4 is 10.1 Å². The van der Waals surface area contributed by atoms with E-state index in [1.54, 1.807) is 13.0 Å². The van der Waals surface area contributed by atoms with Crippen LogP contribution in [0.15, 0.2) is 46.3 Å². The van der Waals surface area contributed by atoms with Gasteiger partial charge in [-0.25, -0.2) is 31.4 Å². The molecule has 0 saturated heterocycles. The summed E-state index contributed by atoms with van der Waals surface area (Å²) in [7, 11) is -8.08. The Bertz CT molecular complexity index is 830. The molecular formula is C12H15N3O5S2. The molecular weight excluding hydrogens is 330 g/mol. The van der Waals surface area contributed by atoms with Gasteiger partial charge in [0.15, 0.2) is 9.84 Å². The van der Waals surface area contributed by atoms with Crippen LogP contribution in [0.2, 0.25) is 0 Å². The highest BCUT2D eigenvalue weighted by molar-refractivity contribution is 7.93. The predicted molar refractivity (Wildman–Crippen MR) is 78.8 cm³/mol. The molecule has 22 heavy (non-hydrogen) atoms. The standard InChI is InChI=1S/C12H15N3O5S2/c1-9-7-8-13-15(9)12(16)14-22(19,20)11-6-4-3-5-10(11)21(2,17)18/h3-9,13H,1-2H3,(H,14,16). The Morgan fingerprint density at radius 3 is 2.27 bits per heavy atom. The number of hydrazine groups is 1. The molecule has 1 aliphatic heterocycles. The van der Waals surface area contributed by atoms with Crippen molar-refractivity contribution in [3.63, 3.8) is 0 Å². The van der Waals surface area contributed by atoms with Crippen LogP contribution in [0.5, 0.6) is 0 Å². The van der Waals surface area contributed by atoms with Gasteiger partial charge in [0, 0.05) is 12.5 Å². The summed E-state index contributed by atoms with van der Waals surface area (Å²) in [6.45, 7) is 1.69. The Balaban J connectivity index is 2.34. The van der Waals surface area contributed by atoms with Crippen LogP contribution in [-0.4, -0.2) is 40.2 Å². The first-order valence-corrected chi connectivity index (χ1v) is 9.58. The van der Waals surface area contributed by atoms with Crippen molar-refractivity contribution in [2.75, 3.05) is 6.26 Å². The number of nitrogens with one attached hydrogen (secondary N) is 2. The zero-order chi connectivity index (χ0) is 16.5. The highest BCUT2D eigenvalue weighted by Crippen LogP contribution is 2.20. The number of carbonyl (C=O) groups is 1. The molecule has 1 aromatic carbocycles. The maximum Gasteiger partial charge on any atom is 0.350 e. The summed E-state index contributed by atoms with van der Waals surface area (Å²) in [6.07, 6.45) is 4.06. The molecule has 0 fully saturated rings. The summed E-state index contributed by atoms with van der Waals surface area (Å²) < 4.78 is 49.8. The minimum Gasteiger partial charge on any atom is -0.302 e. The fraction of sp³-hybridized carbons (Fsp3) is 0.250. The molecule has 8 nitrogen and oxygen atoms in total. The zero-order valence-electron chi connectivity index (χ0n) is 11.8. The second-order valence-corrected chi connectivity index (χ2v) is 8.36. The minimum atomic E-state index is -4.32. The van der Waals surface area contributed by atoms with E-state index in [1.807, 2.05) is 4.72 Å². The number of rotatable bonds is 3. The fourth-order valence-corrected chi connectivity index (χ4v) is 4.48. The third-order valence-corrected chi connectivity index (χ3v) is 5.64. The number of nitrogens with zero attached hydrogens (tertiary/aromatic N) is 1. The van der Waals surface area contributed by atoms with Crippen molar-refractivity contribution >= 4 is 25.9 Å². The molecule has 2 amide bonds. The number of sulfonamides is 1. The van der Waals surface area contributed by atoms with Crippen molar-refractivity contribution < 1.29 is 21.6 Å². The molecule has 1 atom stereocenters. The first-order chi connectivity index (χ1) is 10.1. The summed E-state index contributed by atoms with van der Waals surface area (Å²) in [5, 5.41) is 1.07. The van der Waals surface area contributed by atoms with Crippen LogP contribution in [0.4, 0.5) is 4.79 Å². The quantitative estimate of drug-likeness (QED) is 0.810. The first-order valence-electron chi connectivity index (χ1n) is 6.21. The van der Waals surface area contributed by atoms with E-state index in [0.29, 0.717) is 0 Å². The number of benzene rings is 1. The summed E-state index contributed by atoms with van der Waals surface area (Å²) in [6, 6.07) is 3.86. The van der Waals surface area contributed by atoms with Gasteiger partial charge >= 0.3 is 6.03 Å². The van der Waals surface area contributed by atoms with Gasteiger partial charge < -0.3 is 5.43 Å². The van der Waals surface area contributed by atoms with Crippen molar-refractivity contribution in [1.82, 2.24) is 15.2 Å². The van der Waals surface area contributed by atoms with Crippen molar-refractivity contribution in [2.45, 2.75) is 22.8 Å². The molecule has 0 aromatic heterocycles. The molecule has 2 N–H and O–H groups in total. The average Bonchev–Trinajstić information content (AvgIpc) is 2.83. The van der Waals surface area contributed by atoms with E-state index in [2.05, 4.69) is 5.43 Å². The normalized spacial score (nSPS) is 18.1. The molecule has 10 heteroatoms. The van der Waals surface area contributed by atoms with E-state index >= 15 is 0 Å². The summed E-state index contributed by atoms with van der Waals surface area (Å²) in [5.74, 6) is 0. The van der Waals surface area contributed by atoms with Gasteiger partial charge in [0.1, 0.15) is 4.90 Å². The lowest BCUT2D eigenvalue weighted by atomic mass is 10.3. The maximum absolute atomic E-state index is 12.3. The van der Waals surface area contributed by atoms with Crippen molar-refractivity contribution in [3.8, 4) is 0 Å². The lowest BCUT2D eigenvalue weighted by molar-refractivity contribution is 0.184. The van der Waals surface area contributed by atoms with Crippen LogP contribution in [0.1, 0.15) is 6.92 Å². The number of urea groups is 1. The Morgan fingerprint density at radius 1 is 1.18 bits per heavy atom. The van der Waals surface area contributed by atoms with Crippen molar-refractivity contribution in [3.05, 3.63) is 36.5 Å². The van der Waals surface area contributed by atoms with Crippen molar-refractivity contribution in [2.24, 2.45) is 0 Å². The van der Waals surface area contributed by atoms with E-state index in [-0.39, 0.29) is 10.9 Å². The fourth-order valence-electron chi connectivity index (χ4n) is 1.91. The summed E-state index contributed by atoms with van der Waals surface area (Å²) >= 11 is 0. The Morgan fingerprint density at radius 2 is 1.77 bits per heavy atom. The highest BCUT2D eigenvalue weighted by atomic mass is 32.2. The number of hydrogen-bond donors (Lipinski definition) is 2. The third-order valence-electron chi connectivity index (χ3n) is 2.97. The van der Waals surface area contributed by atoms with Crippen LogP contribution >= 0.6 is 0 Å². The van der Waals surface area contributed by atoms with Gasteiger partial charge in [0.2, 0.25) is 0 Å². The van der Waals surface area contributed by atoms with Crippen LogP contribution in [0, 0.1) is 0 Å². The maximum atomic E-state index is 12.3. The average molecular weight is 345 g/mol. The van der Waals surface area contributed by atoms with Gasteiger partial charge in [0.05, 0.1) is 10.9 Å². The Kier molecular flexibility index (Phi) is 4.16. The molecule has 120 valence electrons. The van der Waals surface area contributed by atoms with Crippen LogP contribution in [-0.2, 0) is 19.9 Å². The predicted octanol–water partition coefficient (Wildman–Crippen LogP) is 0.211. The second-order valence-electron chi connectivity index (χ2n) is 4.73. The zero-order valence-corrected chi connectivity index (χ0v) is 13.5. The minimum absolute atomic E-state index is 0.333. The van der Waals surface area contributed by atoms with Gasteiger partial charge in [0.25, 0.3) is 10.0 Å². The molecule has 1 aliphatic rings. The molecule has 1 aromatic rings. The highest BCUT2D eigenvalue weighted by Gasteiger charge is 2.29. The topological polar surface area (TPSA) is 113 Å². The number of sulfone groups is 1. The smallest absolute Gasteiger partial charge is 0.302 e. The summed E-state index contributed by atoms with van der Waals surface area (Å²) in [5.41, 5.74) is 2.58. The number of carbonyl (C=O) groups excluding carboxylic acids is 1. The van der Waals surface area contributed by atoms with E-state index in [9.17, 15) is 21.6 Å². The van der Waals surface area contributed by atoms with E-state index in [1.165, 1.54) is 24.4 Å². The van der Waals surface area contributed by atoms with Crippen LogP contribution in [0.3, 0.4) is 0 Å². The van der Waals surface area contributed by atoms with Gasteiger partial charge in [-0.05, 0) is 25.1 Å². The Hall–Kier alpha value is -2.07. The monoisotopic (exact) mass is 345 g/mol. The van der Waals surface area contributed by atoms with E-state index in [0.717, 1.165) is 17.3 Å². The lowest BCUT2D eigenvalue weighted by Gasteiger charge is -2.22. The lowest BCUT2D eigenvalue weighted by Crippen LogP contribution is -2.49. The SMILES string of the molecule is CC1C=CNN1C(=O)NS(=O)(=O)c1ccccc1S(C)(=O)=O. The molecule has 1 heterocycles. The van der Waals surface area contributed by atoms with Crippen molar-refractivity contribution in [1.29, 1.82) is 0 Å². The number of amides is 2. The molecule has 0 saturated carbocycles. The molecule has 1 unspecified atom stereocenters. The molecule has 0 spiro atoms. The first kappa shape index (κ1) is 16.3. The second kappa shape index (κ2) is 5.61. The van der Waals surface area contributed by atoms with E-state index in [4.69, 9.17) is 0 Å². The molecule has 0 bridgehead atoms. The molecule has 2 rings (SSSR count). The van der Waals surface area contributed by atoms with E-state index < -0.39 is 30.8 Å². The largest absolute Gasteiger partial charge is 0.350 e. The van der Waals surface area contributed by atoms with Crippen LogP contribution in [0.25, 0.3) is 0 Å². The van der Waals surface area contributed by atoms with Gasteiger partial charge in [-0.1, -0.05) is 12.1 Å². The molecule has 0 aliphatic carbocycles. The van der Waals surface area contributed by atoms with Gasteiger partial charge in [-0.2, -0.15) is 0 Å². The van der Waals surface area contributed by atoms with Gasteiger partial charge in [-0.3, -0.25) is 0 Å². The summed E-state index contributed by atoms with van der Waals surface area (Å²) in [4.78, 5) is 11.2.